The summed E-state index contributed by atoms with van der Waals surface area (Å²) in [6.07, 6.45) is 0.354. The molecule has 2 aliphatic rings. The van der Waals surface area contributed by atoms with Crippen LogP contribution in [-0.2, 0) is 11.3 Å². The molecule has 2 atom stereocenters. The van der Waals surface area contributed by atoms with Crippen molar-refractivity contribution >= 4 is 11.6 Å². The molecule has 1 aromatic heterocycles. The Kier molecular flexibility index (Phi) is 7.58. The van der Waals surface area contributed by atoms with Crippen molar-refractivity contribution in [3.05, 3.63) is 95.3 Å². The Morgan fingerprint density at radius 3 is 2.48 bits per heavy atom. The highest BCUT2D eigenvalue weighted by atomic mass is 19.1. The van der Waals surface area contributed by atoms with Crippen LogP contribution in [0.25, 0.3) is 11.4 Å². The van der Waals surface area contributed by atoms with Crippen molar-refractivity contribution in [2.75, 3.05) is 37.6 Å². The van der Waals surface area contributed by atoms with Gasteiger partial charge in [-0.2, -0.15) is 10.1 Å². The Hall–Kier alpha value is -4.76. The summed E-state index contributed by atoms with van der Waals surface area (Å²) in [6.45, 7) is 2.66. The summed E-state index contributed by atoms with van der Waals surface area (Å²) in [4.78, 5) is 21.1. The average Bonchev–Trinajstić information content (AvgIpc) is 3.66. The molecule has 3 aromatic carbocycles. The van der Waals surface area contributed by atoms with Gasteiger partial charge in [-0.25, -0.2) is 13.2 Å². The van der Waals surface area contributed by atoms with Crippen LogP contribution >= 0.6 is 0 Å². The number of aromatic nitrogens is 4. The summed E-state index contributed by atoms with van der Waals surface area (Å²) in [5.74, 6) is -1.93. The van der Waals surface area contributed by atoms with Gasteiger partial charge in [0.2, 0.25) is 11.7 Å². The molecule has 6 rings (SSSR count). The van der Waals surface area contributed by atoms with E-state index >= 15 is 0 Å². The molecule has 12 heteroatoms. The molecule has 0 saturated carbocycles. The Balaban J connectivity index is 1.21. The van der Waals surface area contributed by atoms with Crippen molar-refractivity contribution < 1.29 is 18.0 Å². The standard InChI is InChI=1S/C30H27F3N8O/c31-22-9-10-24(26(33)15-22)29-35-37-41(36-29)23-16-28(40(19-23)18-21-6-1-3-7-25(21)32)30(42)39-13-11-38(12-14-39)27-8-4-2-5-20(27)17-34/h1-10,15,23,28H,11-14,16,18-19H2/t23-,28-/m0/s1. The number of tetrazole rings is 1. The van der Waals surface area contributed by atoms with E-state index in [-0.39, 0.29) is 35.7 Å². The zero-order valence-corrected chi connectivity index (χ0v) is 22.6. The number of benzene rings is 3. The van der Waals surface area contributed by atoms with Gasteiger partial charge in [0.1, 0.15) is 23.5 Å². The Bertz CT molecular complexity index is 1650. The summed E-state index contributed by atoms with van der Waals surface area (Å²) < 4.78 is 42.4. The van der Waals surface area contributed by atoms with E-state index in [1.165, 1.54) is 16.9 Å². The van der Waals surface area contributed by atoms with Crippen molar-refractivity contribution in [2.45, 2.75) is 25.0 Å². The van der Waals surface area contributed by atoms with Gasteiger partial charge in [0.05, 0.1) is 28.9 Å². The fourth-order valence-electron chi connectivity index (χ4n) is 5.70. The second-order valence-electron chi connectivity index (χ2n) is 10.4. The molecule has 0 bridgehead atoms. The molecule has 2 fully saturated rings. The van der Waals surface area contributed by atoms with E-state index in [0.717, 1.165) is 17.8 Å². The van der Waals surface area contributed by atoms with Crippen molar-refractivity contribution in [3.8, 4) is 17.5 Å². The predicted octanol–water partition coefficient (Wildman–Crippen LogP) is 3.79. The summed E-state index contributed by atoms with van der Waals surface area (Å²) in [5.41, 5.74) is 1.92. The molecule has 42 heavy (non-hydrogen) atoms. The quantitative estimate of drug-likeness (QED) is 0.347. The topological polar surface area (TPSA) is 94.2 Å². The Morgan fingerprint density at radius 2 is 1.71 bits per heavy atom. The van der Waals surface area contributed by atoms with Gasteiger partial charge in [-0.05, 0) is 42.0 Å². The molecule has 2 saturated heterocycles. The Morgan fingerprint density at radius 1 is 0.952 bits per heavy atom. The number of halogens is 3. The number of carbonyl (C=O) groups is 1. The summed E-state index contributed by atoms with van der Waals surface area (Å²) in [7, 11) is 0. The van der Waals surface area contributed by atoms with E-state index in [9.17, 15) is 23.2 Å². The molecule has 0 radical (unpaired) electrons. The van der Waals surface area contributed by atoms with Crippen molar-refractivity contribution in [3.63, 3.8) is 0 Å². The van der Waals surface area contributed by atoms with Gasteiger partial charge >= 0.3 is 0 Å². The first-order chi connectivity index (χ1) is 20.4. The first-order valence-electron chi connectivity index (χ1n) is 13.7. The van der Waals surface area contributed by atoms with Gasteiger partial charge in [-0.3, -0.25) is 9.69 Å². The number of carbonyl (C=O) groups excluding carboxylic acids is 1. The number of likely N-dealkylation sites (tertiary alicyclic amines) is 1. The minimum Gasteiger partial charge on any atom is -0.367 e. The minimum atomic E-state index is -0.799. The number of anilines is 1. The van der Waals surface area contributed by atoms with E-state index in [2.05, 4.69) is 26.4 Å². The zero-order valence-electron chi connectivity index (χ0n) is 22.6. The molecule has 1 amide bonds. The van der Waals surface area contributed by atoms with Crippen LogP contribution in [-0.4, -0.2) is 74.7 Å². The molecule has 0 unspecified atom stereocenters. The molecule has 2 aliphatic heterocycles. The maximum Gasteiger partial charge on any atom is 0.240 e. The van der Waals surface area contributed by atoms with E-state index in [4.69, 9.17) is 0 Å². The molecule has 4 aromatic rings. The fourth-order valence-corrected chi connectivity index (χ4v) is 5.70. The fraction of sp³-hybridized carbons (Fsp3) is 0.300. The largest absolute Gasteiger partial charge is 0.367 e. The molecule has 0 spiro atoms. The van der Waals surface area contributed by atoms with Gasteiger partial charge in [-0.1, -0.05) is 30.3 Å². The average molecular weight is 573 g/mol. The van der Waals surface area contributed by atoms with Crippen molar-refractivity contribution in [1.82, 2.24) is 30.0 Å². The Labute approximate surface area is 240 Å². The maximum absolute atomic E-state index is 14.6. The highest BCUT2D eigenvalue weighted by Crippen LogP contribution is 2.31. The molecular formula is C30H27F3N8O. The number of hydrogen-bond acceptors (Lipinski definition) is 7. The van der Waals surface area contributed by atoms with Crippen LogP contribution in [0, 0.1) is 28.8 Å². The molecule has 9 nitrogen and oxygen atoms in total. The first-order valence-corrected chi connectivity index (χ1v) is 13.7. The lowest BCUT2D eigenvalue weighted by atomic mass is 10.1. The van der Waals surface area contributed by atoms with Gasteiger partial charge in [0, 0.05) is 50.9 Å². The number of piperazine rings is 1. The zero-order chi connectivity index (χ0) is 29.2. The smallest absolute Gasteiger partial charge is 0.240 e. The number of amides is 1. The third-order valence-electron chi connectivity index (χ3n) is 7.88. The molecule has 3 heterocycles. The number of nitriles is 1. The van der Waals surface area contributed by atoms with E-state index in [1.54, 1.807) is 29.2 Å². The normalized spacial score (nSPS) is 19.2. The van der Waals surface area contributed by atoms with Crippen molar-refractivity contribution in [2.24, 2.45) is 0 Å². The van der Waals surface area contributed by atoms with Crippen LogP contribution in [0.5, 0.6) is 0 Å². The third kappa shape index (κ3) is 5.43. The van der Waals surface area contributed by atoms with Gasteiger partial charge in [0.15, 0.2) is 0 Å². The summed E-state index contributed by atoms with van der Waals surface area (Å²) in [6, 6.07) is 18.3. The number of nitrogens with zero attached hydrogens (tertiary/aromatic N) is 8. The third-order valence-corrected chi connectivity index (χ3v) is 7.88. The molecule has 0 N–H and O–H groups in total. The van der Waals surface area contributed by atoms with Gasteiger partial charge < -0.3 is 9.80 Å². The summed E-state index contributed by atoms with van der Waals surface area (Å²) in [5, 5.41) is 21.9. The van der Waals surface area contributed by atoms with E-state index in [1.807, 2.05) is 23.1 Å². The first kappa shape index (κ1) is 27.4. The van der Waals surface area contributed by atoms with Crippen LogP contribution < -0.4 is 4.90 Å². The molecule has 0 aliphatic carbocycles. The minimum absolute atomic E-state index is 0.0108. The van der Waals surface area contributed by atoms with Crippen LogP contribution in [0.2, 0.25) is 0 Å². The van der Waals surface area contributed by atoms with E-state index in [0.29, 0.717) is 50.3 Å². The van der Waals surface area contributed by atoms with Gasteiger partial charge in [-0.15, -0.1) is 10.2 Å². The number of rotatable bonds is 6. The molecule has 214 valence electrons. The lowest BCUT2D eigenvalue weighted by molar-refractivity contribution is -0.136. The van der Waals surface area contributed by atoms with Gasteiger partial charge in [0.25, 0.3) is 0 Å². The van der Waals surface area contributed by atoms with Crippen LogP contribution in [0.1, 0.15) is 23.6 Å². The second kappa shape index (κ2) is 11.6. The number of para-hydroxylation sites is 1. The highest BCUT2D eigenvalue weighted by molar-refractivity contribution is 5.82. The lowest BCUT2D eigenvalue weighted by Crippen LogP contribution is -2.53. The van der Waals surface area contributed by atoms with Crippen LogP contribution in [0.3, 0.4) is 0 Å². The monoisotopic (exact) mass is 572 g/mol. The summed E-state index contributed by atoms with van der Waals surface area (Å²) >= 11 is 0. The predicted molar refractivity (Wildman–Crippen MR) is 147 cm³/mol. The second-order valence-corrected chi connectivity index (χ2v) is 10.4. The van der Waals surface area contributed by atoms with Crippen LogP contribution in [0.15, 0.2) is 66.7 Å². The van der Waals surface area contributed by atoms with E-state index < -0.39 is 17.7 Å². The van der Waals surface area contributed by atoms with Crippen LogP contribution in [0.4, 0.5) is 18.9 Å². The lowest BCUT2D eigenvalue weighted by Gasteiger charge is -2.38. The SMILES string of the molecule is N#Cc1ccccc1N1CCN(C(=O)[C@@H]2C[C@H](n3nnc(-c4ccc(F)cc4F)n3)CN2Cc2ccccc2F)CC1. The maximum atomic E-state index is 14.6. The number of hydrogen-bond donors (Lipinski definition) is 0. The van der Waals surface area contributed by atoms with Crippen molar-refractivity contribution in [1.29, 1.82) is 5.26 Å². The molecular weight excluding hydrogens is 545 g/mol. The highest BCUT2D eigenvalue weighted by Gasteiger charge is 2.41.